The summed E-state index contributed by atoms with van der Waals surface area (Å²) in [4.78, 5) is 24.0. The van der Waals surface area contributed by atoms with Gasteiger partial charge in [0.15, 0.2) is 0 Å². The largest absolute Gasteiger partial charge is 0.464 e. The number of carbonyl (C=O) groups excluding carboxylic acids is 2. The fraction of sp³-hybridized carbons (Fsp3) is 0.500. The van der Waals surface area contributed by atoms with Gasteiger partial charge < -0.3 is 10.1 Å². The molecular formula is C20H29NO3. The van der Waals surface area contributed by atoms with Gasteiger partial charge in [0.2, 0.25) is 5.91 Å². The van der Waals surface area contributed by atoms with Crippen molar-refractivity contribution < 1.29 is 14.3 Å². The van der Waals surface area contributed by atoms with Gasteiger partial charge in [-0.15, -0.1) is 0 Å². The Kier molecular flexibility index (Phi) is 8.24. The van der Waals surface area contributed by atoms with Crippen LogP contribution in [0, 0.1) is 5.92 Å². The molecule has 132 valence electrons. The molecule has 1 rings (SSSR count). The van der Waals surface area contributed by atoms with E-state index in [0.717, 1.165) is 5.56 Å². The third-order valence-corrected chi connectivity index (χ3v) is 3.63. The van der Waals surface area contributed by atoms with Crippen LogP contribution in [0.1, 0.15) is 58.1 Å². The molecule has 1 amide bonds. The molecule has 0 aliphatic rings. The van der Waals surface area contributed by atoms with Crippen LogP contribution >= 0.6 is 0 Å². The first-order valence-electron chi connectivity index (χ1n) is 8.58. The predicted molar refractivity (Wildman–Crippen MR) is 97.6 cm³/mol. The van der Waals surface area contributed by atoms with Crippen molar-refractivity contribution in [2.75, 3.05) is 6.61 Å². The Morgan fingerprint density at radius 1 is 1.12 bits per heavy atom. The lowest BCUT2D eigenvalue weighted by atomic mass is 10.0. The molecule has 0 fully saturated rings. The van der Waals surface area contributed by atoms with Crippen LogP contribution in [0.3, 0.4) is 0 Å². The molecule has 0 radical (unpaired) electrons. The number of ether oxygens (including phenoxy) is 1. The summed E-state index contributed by atoms with van der Waals surface area (Å²) in [6.45, 7) is 10.4. The van der Waals surface area contributed by atoms with Crippen LogP contribution in [-0.4, -0.2) is 24.5 Å². The number of amides is 1. The molecule has 0 unspecified atom stereocenters. The molecule has 4 heteroatoms. The lowest BCUT2D eigenvalue weighted by Crippen LogP contribution is -2.42. The molecule has 1 aromatic carbocycles. The molecular weight excluding hydrogens is 302 g/mol. The van der Waals surface area contributed by atoms with E-state index in [1.165, 1.54) is 11.6 Å². The summed E-state index contributed by atoms with van der Waals surface area (Å²) in [7, 11) is 0. The zero-order chi connectivity index (χ0) is 18.1. The van der Waals surface area contributed by atoms with Gasteiger partial charge in [-0.1, -0.05) is 52.0 Å². The summed E-state index contributed by atoms with van der Waals surface area (Å²) in [5.74, 6) is 0.0934. The smallest absolute Gasteiger partial charge is 0.328 e. The summed E-state index contributed by atoms with van der Waals surface area (Å²) < 4.78 is 5.03. The molecule has 4 nitrogen and oxygen atoms in total. The van der Waals surface area contributed by atoms with Gasteiger partial charge in [-0.3, -0.25) is 4.79 Å². The number of esters is 1. The number of carbonyl (C=O) groups is 2. The SMILES string of the molecule is CCOC(=O)[C@H](CC(C)C)NC(=O)/C=C/c1ccc(C(C)C)cc1. The van der Waals surface area contributed by atoms with E-state index in [1.807, 2.05) is 26.0 Å². The number of rotatable bonds is 8. The van der Waals surface area contributed by atoms with E-state index in [2.05, 4.69) is 31.3 Å². The van der Waals surface area contributed by atoms with E-state index in [4.69, 9.17) is 4.74 Å². The molecule has 0 spiro atoms. The highest BCUT2D eigenvalue weighted by atomic mass is 16.5. The number of nitrogens with one attached hydrogen (secondary N) is 1. The van der Waals surface area contributed by atoms with Gasteiger partial charge in [0.25, 0.3) is 0 Å². The molecule has 0 aliphatic heterocycles. The van der Waals surface area contributed by atoms with Gasteiger partial charge >= 0.3 is 5.97 Å². The normalized spacial score (nSPS) is 12.6. The maximum atomic E-state index is 12.1. The van der Waals surface area contributed by atoms with Crippen molar-refractivity contribution in [3.63, 3.8) is 0 Å². The molecule has 24 heavy (non-hydrogen) atoms. The molecule has 0 aliphatic carbocycles. The molecule has 1 aromatic rings. The van der Waals surface area contributed by atoms with Crippen molar-refractivity contribution in [3.8, 4) is 0 Å². The highest BCUT2D eigenvalue weighted by Crippen LogP contribution is 2.15. The van der Waals surface area contributed by atoms with Crippen molar-refractivity contribution in [2.24, 2.45) is 5.92 Å². The summed E-state index contributed by atoms with van der Waals surface area (Å²) in [6, 6.07) is 7.47. The van der Waals surface area contributed by atoms with Crippen LogP contribution in [0.2, 0.25) is 0 Å². The fourth-order valence-electron chi connectivity index (χ4n) is 2.31. The highest BCUT2D eigenvalue weighted by molar-refractivity contribution is 5.94. The Balaban J connectivity index is 2.68. The first-order valence-corrected chi connectivity index (χ1v) is 8.58. The number of benzene rings is 1. The third-order valence-electron chi connectivity index (χ3n) is 3.63. The van der Waals surface area contributed by atoms with Gasteiger partial charge in [-0.2, -0.15) is 0 Å². The average molecular weight is 331 g/mol. The van der Waals surface area contributed by atoms with E-state index in [0.29, 0.717) is 18.9 Å². The fourth-order valence-corrected chi connectivity index (χ4v) is 2.31. The van der Waals surface area contributed by atoms with Crippen LogP contribution < -0.4 is 5.32 Å². The van der Waals surface area contributed by atoms with Gasteiger partial charge in [0.1, 0.15) is 6.04 Å². The quantitative estimate of drug-likeness (QED) is 0.580. The van der Waals surface area contributed by atoms with Gasteiger partial charge in [-0.05, 0) is 42.4 Å². The minimum absolute atomic E-state index is 0.285. The molecule has 0 saturated carbocycles. The van der Waals surface area contributed by atoms with E-state index < -0.39 is 6.04 Å². The predicted octanol–water partition coefficient (Wildman–Crippen LogP) is 3.92. The maximum absolute atomic E-state index is 12.1. The van der Waals surface area contributed by atoms with Crippen molar-refractivity contribution in [3.05, 3.63) is 41.5 Å². The second-order valence-electron chi connectivity index (χ2n) is 6.60. The molecule has 1 N–H and O–H groups in total. The maximum Gasteiger partial charge on any atom is 0.328 e. The second kappa shape index (κ2) is 9.91. The monoisotopic (exact) mass is 331 g/mol. The molecule has 0 heterocycles. The Morgan fingerprint density at radius 3 is 2.25 bits per heavy atom. The summed E-state index contributed by atoms with van der Waals surface area (Å²) in [6.07, 6.45) is 3.76. The van der Waals surface area contributed by atoms with Crippen LogP contribution in [0.4, 0.5) is 0 Å². The Labute approximate surface area is 145 Å². The van der Waals surface area contributed by atoms with E-state index in [-0.39, 0.29) is 17.8 Å². The highest BCUT2D eigenvalue weighted by Gasteiger charge is 2.22. The van der Waals surface area contributed by atoms with Crippen LogP contribution in [-0.2, 0) is 14.3 Å². The average Bonchev–Trinajstić information content (AvgIpc) is 2.52. The number of hydrogen-bond donors (Lipinski definition) is 1. The van der Waals surface area contributed by atoms with E-state index >= 15 is 0 Å². The zero-order valence-corrected chi connectivity index (χ0v) is 15.3. The molecule has 0 bridgehead atoms. The lowest BCUT2D eigenvalue weighted by Gasteiger charge is -2.18. The van der Waals surface area contributed by atoms with E-state index in [1.54, 1.807) is 13.0 Å². The van der Waals surface area contributed by atoms with Crippen molar-refractivity contribution in [1.82, 2.24) is 5.32 Å². The summed E-state index contributed by atoms with van der Waals surface area (Å²) in [5, 5.41) is 2.73. The topological polar surface area (TPSA) is 55.4 Å². The third kappa shape index (κ3) is 6.99. The summed E-state index contributed by atoms with van der Waals surface area (Å²) >= 11 is 0. The zero-order valence-electron chi connectivity index (χ0n) is 15.3. The summed E-state index contributed by atoms with van der Waals surface area (Å²) in [5.41, 5.74) is 2.21. The van der Waals surface area contributed by atoms with Crippen LogP contribution in [0.5, 0.6) is 0 Å². The Bertz CT molecular complexity index is 559. The molecule has 0 saturated heterocycles. The molecule has 0 aromatic heterocycles. The lowest BCUT2D eigenvalue weighted by molar-refractivity contribution is -0.147. The van der Waals surface area contributed by atoms with Gasteiger partial charge in [0, 0.05) is 6.08 Å². The standard InChI is InChI=1S/C20H29NO3/c1-6-24-20(23)18(13-14(2)3)21-19(22)12-9-16-7-10-17(11-8-16)15(4)5/h7-12,14-15,18H,6,13H2,1-5H3,(H,21,22)/b12-9+/t18-/m0/s1. The van der Waals surface area contributed by atoms with Gasteiger partial charge in [-0.25, -0.2) is 4.79 Å². The minimum Gasteiger partial charge on any atom is -0.464 e. The first-order chi connectivity index (χ1) is 11.3. The Hall–Kier alpha value is -2.10. The van der Waals surface area contributed by atoms with Crippen LogP contribution in [0.15, 0.2) is 30.3 Å². The second-order valence-corrected chi connectivity index (χ2v) is 6.60. The minimum atomic E-state index is -0.606. The number of hydrogen-bond acceptors (Lipinski definition) is 3. The van der Waals surface area contributed by atoms with E-state index in [9.17, 15) is 9.59 Å². The molecule has 1 atom stereocenters. The van der Waals surface area contributed by atoms with Crippen molar-refractivity contribution >= 4 is 18.0 Å². The Morgan fingerprint density at radius 2 is 1.75 bits per heavy atom. The van der Waals surface area contributed by atoms with Crippen molar-refractivity contribution in [2.45, 2.75) is 53.0 Å². The first kappa shape index (κ1) is 19.9. The van der Waals surface area contributed by atoms with Crippen molar-refractivity contribution in [1.29, 1.82) is 0 Å². The van der Waals surface area contributed by atoms with Crippen LogP contribution in [0.25, 0.3) is 6.08 Å². The van der Waals surface area contributed by atoms with Gasteiger partial charge in [0.05, 0.1) is 6.61 Å².